The predicted molar refractivity (Wildman–Crippen MR) is 54.7 cm³/mol. The summed E-state index contributed by atoms with van der Waals surface area (Å²) in [4.78, 5) is 15.2. The molecule has 1 aromatic rings. The molecule has 0 amide bonds. The lowest BCUT2D eigenvalue weighted by Crippen LogP contribution is -2.16. The standard InChI is InChI=1S/C10H15N3O3/c1-2-15-10(14)9-12-8(16-13-9)6-11-5-7-3-4-7/h7,11H,2-6H2,1H3. The molecule has 6 nitrogen and oxygen atoms in total. The number of aromatic nitrogens is 2. The van der Waals surface area contributed by atoms with Gasteiger partial charge in [0.15, 0.2) is 0 Å². The van der Waals surface area contributed by atoms with E-state index in [1.807, 2.05) is 0 Å². The maximum atomic E-state index is 11.2. The van der Waals surface area contributed by atoms with Crippen molar-refractivity contribution >= 4 is 5.97 Å². The normalized spacial score (nSPS) is 15.1. The minimum atomic E-state index is -0.542. The van der Waals surface area contributed by atoms with Crippen LogP contribution in [0.5, 0.6) is 0 Å². The zero-order valence-electron chi connectivity index (χ0n) is 9.23. The van der Waals surface area contributed by atoms with E-state index in [1.54, 1.807) is 6.92 Å². The van der Waals surface area contributed by atoms with Crippen molar-refractivity contribution in [3.05, 3.63) is 11.7 Å². The summed E-state index contributed by atoms with van der Waals surface area (Å²) in [6.45, 7) is 3.51. The van der Waals surface area contributed by atoms with Crippen LogP contribution in [0.2, 0.25) is 0 Å². The Labute approximate surface area is 93.4 Å². The Bertz CT molecular complexity index is 360. The van der Waals surface area contributed by atoms with E-state index < -0.39 is 5.97 Å². The van der Waals surface area contributed by atoms with Crippen LogP contribution in [0.3, 0.4) is 0 Å². The zero-order valence-corrected chi connectivity index (χ0v) is 9.23. The topological polar surface area (TPSA) is 77.2 Å². The maximum Gasteiger partial charge on any atom is 0.379 e. The second-order valence-corrected chi connectivity index (χ2v) is 3.81. The van der Waals surface area contributed by atoms with Crippen molar-refractivity contribution in [1.29, 1.82) is 0 Å². The number of nitrogens with one attached hydrogen (secondary N) is 1. The Kier molecular flexibility index (Phi) is 3.51. The smallest absolute Gasteiger partial charge is 0.379 e. The monoisotopic (exact) mass is 225 g/mol. The SMILES string of the molecule is CCOC(=O)c1noc(CNCC2CC2)n1. The summed E-state index contributed by atoms with van der Waals surface area (Å²) in [6.07, 6.45) is 2.59. The molecule has 1 aliphatic carbocycles. The number of hydrogen-bond donors (Lipinski definition) is 1. The Morgan fingerprint density at radius 2 is 2.44 bits per heavy atom. The van der Waals surface area contributed by atoms with Gasteiger partial charge >= 0.3 is 5.97 Å². The second kappa shape index (κ2) is 5.07. The number of rotatable bonds is 6. The molecule has 0 atom stereocenters. The molecule has 0 spiro atoms. The van der Waals surface area contributed by atoms with E-state index in [4.69, 9.17) is 9.26 Å². The maximum absolute atomic E-state index is 11.2. The molecule has 1 fully saturated rings. The predicted octanol–water partition coefficient (Wildman–Crippen LogP) is 0.746. The average Bonchev–Trinajstić information content (AvgIpc) is 2.95. The fourth-order valence-corrected chi connectivity index (χ4v) is 1.31. The van der Waals surface area contributed by atoms with Gasteiger partial charge in [-0.25, -0.2) is 4.79 Å². The van der Waals surface area contributed by atoms with Crippen LogP contribution in [-0.2, 0) is 11.3 Å². The van der Waals surface area contributed by atoms with Gasteiger partial charge in [0.05, 0.1) is 13.2 Å². The first-order valence-corrected chi connectivity index (χ1v) is 5.50. The fourth-order valence-electron chi connectivity index (χ4n) is 1.31. The molecule has 0 saturated heterocycles. The van der Waals surface area contributed by atoms with E-state index in [9.17, 15) is 4.79 Å². The first-order valence-electron chi connectivity index (χ1n) is 5.50. The molecule has 0 aliphatic heterocycles. The fraction of sp³-hybridized carbons (Fsp3) is 0.700. The van der Waals surface area contributed by atoms with Crippen LogP contribution in [0.4, 0.5) is 0 Å². The number of nitrogens with zero attached hydrogens (tertiary/aromatic N) is 2. The van der Waals surface area contributed by atoms with Gasteiger partial charge < -0.3 is 14.6 Å². The molecule has 6 heteroatoms. The Hall–Kier alpha value is -1.43. The van der Waals surface area contributed by atoms with Gasteiger partial charge in [0.1, 0.15) is 0 Å². The summed E-state index contributed by atoms with van der Waals surface area (Å²) in [5.74, 6) is 0.668. The first kappa shape index (κ1) is 11.1. The van der Waals surface area contributed by atoms with Crippen molar-refractivity contribution in [3.8, 4) is 0 Å². The van der Waals surface area contributed by atoms with Gasteiger partial charge in [-0.2, -0.15) is 4.98 Å². The highest BCUT2D eigenvalue weighted by molar-refractivity contribution is 5.84. The highest BCUT2D eigenvalue weighted by Gasteiger charge is 2.21. The van der Waals surface area contributed by atoms with Crippen molar-refractivity contribution in [2.45, 2.75) is 26.3 Å². The Balaban J connectivity index is 1.78. The third kappa shape index (κ3) is 3.03. The molecular weight excluding hydrogens is 210 g/mol. The van der Waals surface area contributed by atoms with Gasteiger partial charge in [-0.3, -0.25) is 0 Å². The van der Waals surface area contributed by atoms with Crippen LogP contribution in [-0.4, -0.2) is 29.3 Å². The van der Waals surface area contributed by atoms with Gasteiger partial charge in [0.2, 0.25) is 5.89 Å². The molecule has 88 valence electrons. The molecule has 1 N–H and O–H groups in total. The largest absolute Gasteiger partial charge is 0.460 e. The van der Waals surface area contributed by atoms with Crippen LogP contribution in [0.15, 0.2) is 4.52 Å². The van der Waals surface area contributed by atoms with E-state index in [1.165, 1.54) is 12.8 Å². The molecule has 0 bridgehead atoms. The van der Waals surface area contributed by atoms with Crippen LogP contribution in [0.1, 0.15) is 36.3 Å². The van der Waals surface area contributed by atoms with Gasteiger partial charge in [-0.05, 0) is 37.4 Å². The number of ether oxygens (including phenoxy) is 1. The third-order valence-electron chi connectivity index (χ3n) is 2.33. The molecular formula is C10H15N3O3. The molecule has 1 saturated carbocycles. The molecule has 2 rings (SSSR count). The highest BCUT2D eigenvalue weighted by atomic mass is 16.5. The molecule has 16 heavy (non-hydrogen) atoms. The van der Waals surface area contributed by atoms with E-state index in [2.05, 4.69) is 15.5 Å². The number of esters is 1. The van der Waals surface area contributed by atoms with E-state index >= 15 is 0 Å². The van der Waals surface area contributed by atoms with E-state index in [-0.39, 0.29) is 5.82 Å². The first-order chi connectivity index (χ1) is 7.79. The Morgan fingerprint density at radius 1 is 1.62 bits per heavy atom. The van der Waals surface area contributed by atoms with Gasteiger partial charge in [-0.1, -0.05) is 0 Å². The lowest BCUT2D eigenvalue weighted by molar-refractivity contribution is 0.0508. The molecule has 0 aromatic carbocycles. The average molecular weight is 225 g/mol. The van der Waals surface area contributed by atoms with Crippen LogP contribution < -0.4 is 5.32 Å². The van der Waals surface area contributed by atoms with Gasteiger partial charge in [-0.15, -0.1) is 0 Å². The molecule has 1 aliphatic rings. The number of carbonyl (C=O) groups is 1. The summed E-state index contributed by atoms with van der Waals surface area (Å²) in [7, 11) is 0. The summed E-state index contributed by atoms with van der Waals surface area (Å²) < 4.78 is 9.66. The summed E-state index contributed by atoms with van der Waals surface area (Å²) in [5, 5.41) is 6.75. The summed E-state index contributed by atoms with van der Waals surface area (Å²) in [6, 6.07) is 0. The van der Waals surface area contributed by atoms with Crippen molar-refractivity contribution in [2.75, 3.05) is 13.2 Å². The summed E-state index contributed by atoms with van der Waals surface area (Å²) >= 11 is 0. The third-order valence-corrected chi connectivity index (χ3v) is 2.33. The minimum Gasteiger partial charge on any atom is -0.460 e. The quantitative estimate of drug-likeness (QED) is 0.720. The molecule has 1 aromatic heterocycles. The molecule has 0 unspecified atom stereocenters. The zero-order chi connectivity index (χ0) is 11.4. The van der Waals surface area contributed by atoms with Crippen molar-refractivity contribution < 1.29 is 14.1 Å². The van der Waals surface area contributed by atoms with E-state index in [0.717, 1.165) is 12.5 Å². The second-order valence-electron chi connectivity index (χ2n) is 3.81. The Morgan fingerprint density at radius 3 is 3.12 bits per heavy atom. The van der Waals surface area contributed by atoms with E-state index in [0.29, 0.717) is 19.0 Å². The number of carbonyl (C=O) groups excluding carboxylic acids is 1. The van der Waals surface area contributed by atoms with Crippen LogP contribution in [0, 0.1) is 5.92 Å². The number of hydrogen-bond acceptors (Lipinski definition) is 6. The summed E-state index contributed by atoms with van der Waals surface area (Å²) in [5.41, 5.74) is 0. The minimum absolute atomic E-state index is 0.00919. The van der Waals surface area contributed by atoms with Crippen LogP contribution in [0.25, 0.3) is 0 Å². The lowest BCUT2D eigenvalue weighted by Gasteiger charge is -1.97. The molecule has 0 radical (unpaired) electrons. The van der Waals surface area contributed by atoms with Crippen LogP contribution >= 0.6 is 0 Å². The van der Waals surface area contributed by atoms with Gasteiger partial charge in [0, 0.05) is 0 Å². The lowest BCUT2D eigenvalue weighted by atomic mass is 10.4. The highest BCUT2D eigenvalue weighted by Crippen LogP contribution is 2.27. The molecule has 1 heterocycles. The van der Waals surface area contributed by atoms with Crippen molar-refractivity contribution in [3.63, 3.8) is 0 Å². The van der Waals surface area contributed by atoms with Gasteiger partial charge in [0.25, 0.3) is 5.82 Å². The van der Waals surface area contributed by atoms with Crippen molar-refractivity contribution in [1.82, 2.24) is 15.5 Å². The van der Waals surface area contributed by atoms with Crippen molar-refractivity contribution in [2.24, 2.45) is 5.92 Å².